The van der Waals surface area contributed by atoms with Crippen LogP contribution in [0.25, 0.3) is 11.1 Å². The lowest BCUT2D eigenvalue weighted by Crippen LogP contribution is -2.47. The molecule has 1 aliphatic rings. The summed E-state index contributed by atoms with van der Waals surface area (Å²) in [4.78, 5) is 29.7. The topological polar surface area (TPSA) is 83.6 Å². The molecule has 1 fully saturated rings. The fourth-order valence-corrected chi connectivity index (χ4v) is 2.86. The molecule has 0 saturated carbocycles. The number of aromatic nitrogens is 1. The van der Waals surface area contributed by atoms with Crippen molar-refractivity contribution in [3.63, 3.8) is 0 Å². The van der Waals surface area contributed by atoms with Crippen molar-refractivity contribution in [1.29, 1.82) is 0 Å². The molecule has 1 N–H and O–H groups in total. The Morgan fingerprint density at radius 2 is 2.14 bits per heavy atom. The van der Waals surface area contributed by atoms with Crippen molar-refractivity contribution >= 4 is 23.0 Å². The number of pyridine rings is 1. The fraction of sp³-hybridized carbons (Fsp3) is 0.438. The second kappa shape index (κ2) is 5.44. The molecule has 1 aliphatic heterocycles. The van der Waals surface area contributed by atoms with Crippen molar-refractivity contribution in [3.05, 3.63) is 29.7 Å². The summed E-state index contributed by atoms with van der Waals surface area (Å²) >= 11 is 0. The van der Waals surface area contributed by atoms with Gasteiger partial charge in [-0.2, -0.15) is 0 Å². The van der Waals surface area contributed by atoms with Crippen LogP contribution in [0.5, 0.6) is 0 Å². The van der Waals surface area contributed by atoms with Gasteiger partial charge in [0.2, 0.25) is 0 Å². The molecule has 1 saturated heterocycles. The normalized spacial score (nSPS) is 22.0. The Morgan fingerprint density at radius 1 is 1.36 bits per heavy atom. The quantitative estimate of drug-likeness (QED) is 0.921. The molecule has 1 amide bonds. The number of carboxylic acid groups (broad SMARTS) is 1. The Morgan fingerprint density at radius 3 is 2.86 bits per heavy atom. The summed E-state index contributed by atoms with van der Waals surface area (Å²) in [6.45, 7) is 4.03. The van der Waals surface area contributed by atoms with Gasteiger partial charge in [0.05, 0.1) is 5.92 Å². The minimum atomic E-state index is -0.855. The molecule has 2 aromatic heterocycles. The number of carboxylic acids is 1. The number of rotatable bonds is 2. The van der Waals surface area contributed by atoms with Crippen LogP contribution in [0.15, 0.2) is 22.6 Å². The van der Waals surface area contributed by atoms with E-state index in [1.54, 1.807) is 17.0 Å². The molecule has 0 spiro atoms. The minimum absolute atomic E-state index is 0.00556. The van der Waals surface area contributed by atoms with Gasteiger partial charge in [0.1, 0.15) is 5.52 Å². The highest BCUT2D eigenvalue weighted by Gasteiger charge is 2.34. The summed E-state index contributed by atoms with van der Waals surface area (Å²) in [6, 6.07) is 5.24. The van der Waals surface area contributed by atoms with E-state index in [1.165, 1.54) is 0 Å². The Kier molecular flexibility index (Phi) is 3.60. The molecule has 6 nitrogen and oxygen atoms in total. The highest BCUT2D eigenvalue weighted by atomic mass is 16.4. The number of carbonyl (C=O) groups excluding carboxylic acids is 1. The molecular formula is C16H18N2O4. The first kappa shape index (κ1) is 14.6. The summed E-state index contributed by atoms with van der Waals surface area (Å²) in [7, 11) is 0. The molecule has 0 aromatic carbocycles. The lowest BCUT2D eigenvalue weighted by Gasteiger charge is -2.35. The first-order chi connectivity index (χ1) is 10.5. The van der Waals surface area contributed by atoms with E-state index in [9.17, 15) is 9.59 Å². The van der Waals surface area contributed by atoms with Crippen molar-refractivity contribution in [1.82, 2.24) is 9.88 Å². The van der Waals surface area contributed by atoms with Crippen LogP contribution in [0.4, 0.5) is 0 Å². The zero-order valence-corrected chi connectivity index (χ0v) is 12.6. The van der Waals surface area contributed by atoms with Gasteiger partial charge in [-0.1, -0.05) is 0 Å². The van der Waals surface area contributed by atoms with Crippen molar-refractivity contribution in [2.24, 2.45) is 5.92 Å². The predicted octanol–water partition coefficient (Wildman–Crippen LogP) is 2.46. The van der Waals surface area contributed by atoms with Crippen molar-refractivity contribution < 1.29 is 19.1 Å². The number of carbonyl (C=O) groups is 2. The zero-order chi connectivity index (χ0) is 15.9. The van der Waals surface area contributed by atoms with Gasteiger partial charge in [-0.15, -0.1) is 0 Å². The van der Waals surface area contributed by atoms with Crippen molar-refractivity contribution in [2.45, 2.75) is 32.7 Å². The van der Waals surface area contributed by atoms with E-state index in [1.807, 2.05) is 19.9 Å². The van der Waals surface area contributed by atoms with E-state index in [2.05, 4.69) is 4.98 Å². The molecular weight excluding hydrogens is 284 g/mol. The van der Waals surface area contributed by atoms with Crippen LogP contribution in [0, 0.1) is 12.8 Å². The summed E-state index contributed by atoms with van der Waals surface area (Å²) < 4.78 is 5.58. The van der Waals surface area contributed by atoms with Gasteiger partial charge < -0.3 is 14.4 Å². The van der Waals surface area contributed by atoms with Crippen LogP contribution in [0.1, 0.15) is 36.0 Å². The number of likely N-dealkylation sites (tertiary alicyclic amines) is 1. The third-order valence-corrected chi connectivity index (χ3v) is 4.22. The van der Waals surface area contributed by atoms with Gasteiger partial charge in [0.25, 0.3) is 5.91 Å². The SMILES string of the molecule is Cc1ccc2oc(C(=O)N3CC(C(=O)O)CCC3C)cc2n1. The van der Waals surface area contributed by atoms with Crippen LogP contribution in [-0.4, -0.2) is 39.5 Å². The third-order valence-electron chi connectivity index (χ3n) is 4.22. The molecule has 6 heteroatoms. The third kappa shape index (κ3) is 2.56. The van der Waals surface area contributed by atoms with E-state index in [0.717, 1.165) is 5.69 Å². The van der Waals surface area contributed by atoms with Crippen LogP contribution in [0.3, 0.4) is 0 Å². The average molecular weight is 302 g/mol. The molecule has 3 rings (SSSR count). The zero-order valence-electron chi connectivity index (χ0n) is 12.6. The fourth-order valence-electron chi connectivity index (χ4n) is 2.86. The number of amides is 1. The molecule has 0 bridgehead atoms. The van der Waals surface area contributed by atoms with Crippen molar-refractivity contribution in [3.8, 4) is 0 Å². The van der Waals surface area contributed by atoms with Crippen LogP contribution in [-0.2, 0) is 4.79 Å². The monoisotopic (exact) mass is 302 g/mol. The minimum Gasteiger partial charge on any atom is -0.481 e. The number of hydrogen-bond donors (Lipinski definition) is 1. The van der Waals surface area contributed by atoms with Crippen molar-refractivity contribution in [2.75, 3.05) is 6.54 Å². The largest absolute Gasteiger partial charge is 0.481 e. The van der Waals surface area contributed by atoms with E-state index in [0.29, 0.717) is 23.9 Å². The summed E-state index contributed by atoms with van der Waals surface area (Å²) in [5.41, 5.74) is 2.06. The Bertz CT molecular complexity index is 737. The maximum absolute atomic E-state index is 12.6. The van der Waals surface area contributed by atoms with E-state index < -0.39 is 11.9 Å². The number of piperidine rings is 1. The molecule has 2 atom stereocenters. The lowest BCUT2D eigenvalue weighted by molar-refractivity contribution is -0.143. The maximum atomic E-state index is 12.6. The smallest absolute Gasteiger partial charge is 0.308 e. The number of furan rings is 1. The van der Waals surface area contributed by atoms with Crippen LogP contribution < -0.4 is 0 Å². The molecule has 22 heavy (non-hydrogen) atoms. The molecule has 3 heterocycles. The highest BCUT2D eigenvalue weighted by molar-refractivity contribution is 5.95. The molecule has 116 valence electrons. The highest BCUT2D eigenvalue weighted by Crippen LogP contribution is 2.26. The predicted molar refractivity (Wildman–Crippen MR) is 79.6 cm³/mol. The molecule has 0 radical (unpaired) electrons. The number of aliphatic carboxylic acids is 1. The van der Waals surface area contributed by atoms with Crippen LogP contribution >= 0.6 is 0 Å². The van der Waals surface area contributed by atoms with Gasteiger partial charge in [-0.3, -0.25) is 9.59 Å². The number of aryl methyl sites for hydroxylation is 1. The Labute approximate surface area is 127 Å². The van der Waals surface area contributed by atoms with E-state index in [4.69, 9.17) is 9.52 Å². The summed E-state index contributed by atoms with van der Waals surface area (Å²) in [5.74, 6) is -1.42. The van der Waals surface area contributed by atoms with Gasteiger partial charge >= 0.3 is 5.97 Å². The van der Waals surface area contributed by atoms with Crippen LogP contribution in [0.2, 0.25) is 0 Å². The molecule has 2 aromatic rings. The Balaban J connectivity index is 1.88. The van der Waals surface area contributed by atoms with E-state index >= 15 is 0 Å². The second-order valence-electron chi connectivity index (χ2n) is 5.87. The number of nitrogens with zero attached hydrogens (tertiary/aromatic N) is 2. The Hall–Kier alpha value is -2.37. The average Bonchev–Trinajstić information content (AvgIpc) is 2.89. The molecule has 2 unspecified atom stereocenters. The summed E-state index contributed by atoms with van der Waals surface area (Å²) in [5, 5.41) is 9.17. The number of hydrogen-bond acceptors (Lipinski definition) is 4. The molecule has 0 aliphatic carbocycles. The standard InChI is InChI=1S/C16H18N2O4/c1-9-3-6-13-12(17-9)7-14(22-13)15(19)18-8-11(16(20)21)5-4-10(18)2/h3,6-7,10-11H,4-5,8H2,1-2H3,(H,20,21). The van der Waals surface area contributed by atoms with Gasteiger partial charge in [-0.25, -0.2) is 4.98 Å². The maximum Gasteiger partial charge on any atom is 0.308 e. The lowest BCUT2D eigenvalue weighted by atomic mass is 9.93. The second-order valence-corrected chi connectivity index (χ2v) is 5.87. The van der Waals surface area contributed by atoms with E-state index in [-0.39, 0.29) is 24.3 Å². The van der Waals surface area contributed by atoms with Gasteiger partial charge in [0.15, 0.2) is 11.3 Å². The first-order valence-corrected chi connectivity index (χ1v) is 7.36. The first-order valence-electron chi connectivity index (χ1n) is 7.36. The van der Waals surface area contributed by atoms with Gasteiger partial charge in [-0.05, 0) is 38.8 Å². The van der Waals surface area contributed by atoms with Gasteiger partial charge in [0, 0.05) is 24.3 Å². The number of fused-ring (bicyclic) bond motifs is 1. The summed E-state index contributed by atoms with van der Waals surface area (Å²) in [6.07, 6.45) is 1.28.